The molecule has 1 fully saturated rings. The maximum absolute atomic E-state index is 12.8. The summed E-state index contributed by atoms with van der Waals surface area (Å²) in [4.78, 5) is 24.5. The topological polar surface area (TPSA) is 120 Å². The van der Waals surface area contributed by atoms with Gasteiger partial charge in [-0.1, -0.05) is 17.7 Å². The maximum atomic E-state index is 12.8. The van der Waals surface area contributed by atoms with Crippen LogP contribution in [0.15, 0.2) is 41.3 Å². The van der Waals surface area contributed by atoms with Gasteiger partial charge < -0.3 is 24.3 Å². The highest BCUT2D eigenvalue weighted by Gasteiger charge is 2.28. The lowest BCUT2D eigenvalue weighted by atomic mass is 10.2. The van der Waals surface area contributed by atoms with Crippen LogP contribution < -0.4 is 14.8 Å². The average Bonchev–Trinajstić information content (AvgIpc) is 3.30. The third kappa shape index (κ3) is 5.38. The molecule has 0 saturated carbocycles. The second-order valence-corrected chi connectivity index (χ2v) is 9.54. The fourth-order valence-electron chi connectivity index (χ4n) is 3.27. The van der Waals surface area contributed by atoms with E-state index in [1.54, 1.807) is 18.2 Å². The van der Waals surface area contributed by atoms with Crippen LogP contribution in [0.5, 0.6) is 11.5 Å². The van der Waals surface area contributed by atoms with Crippen LogP contribution >= 0.6 is 11.6 Å². The van der Waals surface area contributed by atoms with Crippen molar-refractivity contribution in [2.45, 2.75) is 11.4 Å². The SMILES string of the molecule is O=C(COC(=O)c1cc(S(=O)(=O)N2CCOCC2)ccc1Cl)NCc1ccc2c(c1)OCO2. The second-order valence-electron chi connectivity index (χ2n) is 7.20. The summed E-state index contributed by atoms with van der Waals surface area (Å²) in [6, 6.07) is 9.05. The van der Waals surface area contributed by atoms with Crippen LogP contribution in [-0.4, -0.2) is 64.3 Å². The lowest BCUT2D eigenvalue weighted by molar-refractivity contribution is -0.124. The number of sulfonamides is 1. The lowest BCUT2D eigenvalue weighted by Gasteiger charge is -2.26. The van der Waals surface area contributed by atoms with E-state index in [0.717, 1.165) is 11.6 Å². The summed E-state index contributed by atoms with van der Waals surface area (Å²) in [6.07, 6.45) is 0. The fourth-order valence-corrected chi connectivity index (χ4v) is 4.90. The molecule has 0 unspecified atom stereocenters. The van der Waals surface area contributed by atoms with Crippen molar-refractivity contribution < 1.29 is 37.0 Å². The first-order valence-electron chi connectivity index (χ1n) is 10.0. The smallest absolute Gasteiger partial charge is 0.340 e. The van der Waals surface area contributed by atoms with Gasteiger partial charge in [-0.05, 0) is 35.9 Å². The molecule has 1 saturated heterocycles. The van der Waals surface area contributed by atoms with Crippen molar-refractivity contribution in [3.8, 4) is 11.5 Å². The minimum absolute atomic E-state index is 0.0155. The van der Waals surface area contributed by atoms with E-state index < -0.39 is 28.5 Å². The molecular weight excluding hydrogens is 476 g/mol. The zero-order chi connectivity index (χ0) is 23.4. The predicted molar refractivity (Wildman–Crippen MR) is 116 cm³/mol. The van der Waals surface area contributed by atoms with E-state index in [1.807, 2.05) is 0 Å². The largest absolute Gasteiger partial charge is 0.454 e. The van der Waals surface area contributed by atoms with Crippen molar-refractivity contribution in [1.29, 1.82) is 0 Å². The number of halogens is 1. The van der Waals surface area contributed by atoms with Gasteiger partial charge in [-0.2, -0.15) is 4.31 Å². The summed E-state index contributed by atoms with van der Waals surface area (Å²) < 4.78 is 47.7. The molecule has 33 heavy (non-hydrogen) atoms. The molecular formula is C21H21ClN2O8S. The molecule has 0 spiro atoms. The number of hydrogen-bond acceptors (Lipinski definition) is 8. The molecule has 0 atom stereocenters. The van der Waals surface area contributed by atoms with Crippen molar-refractivity contribution in [3.05, 3.63) is 52.5 Å². The number of fused-ring (bicyclic) bond motifs is 1. The van der Waals surface area contributed by atoms with E-state index in [0.29, 0.717) is 24.7 Å². The van der Waals surface area contributed by atoms with E-state index in [9.17, 15) is 18.0 Å². The number of nitrogens with one attached hydrogen (secondary N) is 1. The molecule has 2 aromatic rings. The number of esters is 1. The van der Waals surface area contributed by atoms with Crippen LogP contribution in [0.4, 0.5) is 0 Å². The van der Waals surface area contributed by atoms with Crippen LogP contribution in [0.2, 0.25) is 5.02 Å². The zero-order valence-electron chi connectivity index (χ0n) is 17.4. The molecule has 1 amide bonds. The molecule has 0 aliphatic carbocycles. The van der Waals surface area contributed by atoms with E-state index in [1.165, 1.54) is 16.4 Å². The monoisotopic (exact) mass is 496 g/mol. The van der Waals surface area contributed by atoms with Crippen LogP contribution in [0.25, 0.3) is 0 Å². The molecule has 2 aliphatic rings. The third-order valence-electron chi connectivity index (χ3n) is 5.03. The minimum Gasteiger partial charge on any atom is -0.454 e. The summed E-state index contributed by atoms with van der Waals surface area (Å²) in [5.74, 6) is -0.213. The molecule has 0 bridgehead atoms. The van der Waals surface area contributed by atoms with Gasteiger partial charge in [0.25, 0.3) is 5.91 Å². The van der Waals surface area contributed by atoms with Gasteiger partial charge in [0.1, 0.15) is 0 Å². The van der Waals surface area contributed by atoms with Gasteiger partial charge in [0.05, 0.1) is 28.7 Å². The zero-order valence-corrected chi connectivity index (χ0v) is 19.0. The van der Waals surface area contributed by atoms with E-state index in [4.69, 9.17) is 30.5 Å². The van der Waals surface area contributed by atoms with Crippen LogP contribution in [-0.2, 0) is 30.8 Å². The van der Waals surface area contributed by atoms with Gasteiger partial charge >= 0.3 is 5.97 Å². The number of carbonyl (C=O) groups is 2. The Hall–Kier alpha value is -2.86. The number of benzene rings is 2. The molecule has 12 heteroatoms. The van der Waals surface area contributed by atoms with Crippen molar-refractivity contribution >= 4 is 33.5 Å². The Morgan fingerprint density at radius 1 is 1.06 bits per heavy atom. The average molecular weight is 497 g/mol. The van der Waals surface area contributed by atoms with Crippen LogP contribution in [0, 0.1) is 0 Å². The third-order valence-corrected chi connectivity index (χ3v) is 7.25. The number of morpholine rings is 1. The second kappa shape index (κ2) is 9.96. The Bertz CT molecular complexity index is 1160. The molecule has 0 radical (unpaired) electrons. The normalized spacial score (nSPS) is 15.8. The minimum atomic E-state index is -3.82. The Morgan fingerprint density at radius 2 is 1.82 bits per heavy atom. The Balaban J connectivity index is 1.35. The Morgan fingerprint density at radius 3 is 2.61 bits per heavy atom. The lowest BCUT2D eigenvalue weighted by Crippen LogP contribution is -2.40. The van der Waals surface area contributed by atoms with Crippen molar-refractivity contribution in [1.82, 2.24) is 9.62 Å². The first-order chi connectivity index (χ1) is 15.8. The number of carbonyl (C=O) groups excluding carboxylic acids is 2. The standard InChI is InChI=1S/C21H21ClN2O8S/c22-17-3-2-15(33(27,28)24-5-7-29-8-6-24)10-16(17)21(26)30-12-20(25)23-11-14-1-4-18-19(9-14)32-13-31-18/h1-4,9-10H,5-8,11-13H2,(H,23,25). The number of nitrogens with zero attached hydrogens (tertiary/aromatic N) is 1. The highest BCUT2D eigenvalue weighted by Crippen LogP contribution is 2.32. The van der Waals surface area contributed by atoms with Crippen LogP contribution in [0.3, 0.4) is 0 Å². The number of hydrogen-bond donors (Lipinski definition) is 1. The molecule has 2 aliphatic heterocycles. The Labute approximate surface area is 195 Å². The number of rotatable bonds is 7. The molecule has 2 aromatic carbocycles. The molecule has 4 rings (SSSR count). The summed E-state index contributed by atoms with van der Waals surface area (Å²) in [6.45, 7) is 0.814. The summed E-state index contributed by atoms with van der Waals surface area (Å²) in [5.41, 5.74) is 0.637. The van der Waals surface area contributed by atoms with Gasteiger partial charge in [0, 0.05) is 19.6 Å². The van der Waals surface area contributed by atoms with Gasteiger partial charge in [-0.15, -0.1) is 0 Å². The van der Waals surface area contributed by atoms with E-state index >= 15 is 0 Å². The van der Waals surface area contributed by atoms with Gasteiger partial charge in [-0.3, -0.25) is 4.79 Å². The predicted octanol–water partition coefficient (Wildman–Crippen LogP) is 1.56. The van der Waals surface area contributed by atoms with Crippen molar-refractivity contribution in [2.24, 2.45) is 0 Å². The molecule has 10 nitrogen and oxygen atoms in total. The molecule has 1 N–H and O–H groups in total. The van der Waals surface area contributed by atoms with E-state index in [2.05, 4.69) is 5.32 Å². The van der Waals surface area contributed by atoms with Crippen molar-refractivity contribution in [3.63, 3.8) is 0 Å². The number of ether oxygens (including phenoxy) is 4. The first-order valence-corrected chi connectivity index (χ1v) is 11.9. The van der Waals surface area contributed by atoms with Gasteiger partial charge in [0.15, 0.2) is 18.1 Å². The van der Waals surface area contributed by atoms with E-state index in [-0.39, 0.29) is 41.9 Å². The fraction of sp³-hybridized carbons (Fsp3) is 0.333. The quantitative estimate of drug-likeness (QED) is 0.573. The van der Waals surface area contributed by atoms with Gasteiger partial charge in [-0.25, -0.2) is 13.2 Å². The van der Waals surface area contributed by atoms with Gasteiger partial charge in [0.2, 0.25) is 16.8 Å². The first kappa shape index (κ1) is 23.3. The Kier molecular flexibility index (Phi) is 7.03. The molecule has 176 valence electrons. The highest BCUT2D eigenvalue weighted by molar-refractivity contribution is 7.89. The maximum Gasteiger partial charge on any atom is 0.340 e. The van der Waals surface area contributed by atoms with Crippen LogP contribution in [0.1, 0.15) is 15.9 Å². The summed E-state index contributed by atoms with van der Waals surface area (Å²) in [7, 11) is -3.82. The molecule has 2 heterocycles. The molecule has 0 aromatic heterocycles. The number of amides is 1. The van der Waals surface area contributed by atoms with Crippen molar-refractivity contribution in [2.75, 3.05) is 39.7 Å². The highest BCUT2D eigenvalue weighted by atomic mass is 35.5. The summed E-state index contributed by atoms with van der Waals surface area (Å²) >= 11 is 6.08. The summed E-state index contributed by atoms with van der Waals surface area (Å²) in [5, 5.41) is 2.65.